The normalized spacial score (nSPS) is 35.3. The molecule has 3 heteroatoms. The zero-order valence-electron chi connectivity index (χ0n) is 8.28. The van der Waals surface area contributed by atoms with Crippen molar-refractivity contribution in [3.8, 4) is 0 Å². The van der Waals surface area contributed by atoms with Gasteiger partial charge in [-0.1, -0.05) is 30.3 Å². The van der Waals surface area contributed by atoms with E-state index >= 15 is 0 Å². The van der Waals surface area contributed by atoms with Gasteiger partial charge < -0.3 is 10.5 Å². The summed E-state index contributed by atoms with van der Waals surface area (Å²) >= 11 is 0. The summed E-state index contributed by atoms with van der Waals surface area (Å²) < 4.78 is 5.46. The Morgan fingerprint density at radius 1 is 1.29 bits per heavy atom. The molecule has 2 rings (SSSR count). The highest BCUT2D eigenvalue weighted by molar-refractivity contribution is 5.88. The number of hydrogen-bond acceptors (Lipinski definition) is 2. The minimum atomic E-state index is -0.853. The minimum absolute atomic E-state index is 0.413. The first-order chi connectivity index (χ1) is 6.51. The van der Waals surface area contributed by atoms with Gasteiger partial charge in [-0.15, -0.1) is 0 Å². The average molecular weight is 191 g/mol. The molecule has 1 aromatic carbocycles. The van der Waals surface area contributed by atoms with Crippen molar-refractivity contribution in [1.82, 2.24) is 0 Å². The van der Waals surface area contributed by atoms with Crippen LogP contribution in [0.1, 0.15) is 19.4 Å². The van der Waals surface area contributed by atoms with Crippen LogP contribution in [-0.2, 0) is 15.1 Å². The van der Waals surface area contributed by atoms with E-state index in [1.54, 1.807) is 6.92 Å². The Morgan fingerprint density at radius 2 is 1.86 bits per heavy atom. The molecule has 0 saturated carbocycles. The Labute approximate surface area is 82.9 Å². The first-order valence-electron chi connectivity index (χ1n) is 4.56. The van der Waals surface area contributed by atoms with Crippen LogP contribution in [-0.4, -0.2) is 11.5 Å². The number of carbonyl (C=O) groups excluding carboxylic acids is 1. The molecule has 0 bridgehead atoms. The third-order valence-electron chi connectivity index (χ3n) is 3.07. The topological polar surface area (TPSA) is 55.6 Å². The molecule has 1 aromatic rings. The van der Waals surface area contributed by atoms with Crippen LogP contribution in [0, 0.1) is 0 Å². The second-order valence-electron chi connectivity index (χ2n) is 3.90. The lowest BCUT2D eigenvalue weighted by atomic mass is 9.88. The maximum absolute atomic E-state index is 11.2. The largest absolute Gasteiger partial charge is 0.367 e. The summed E-state index contributed by atoms with van der Waals surface area (Å²) in [5.41, 5.74) is 4.86. The Kier molecular flexibility index (Phi) is 1.70. The molecule has 0 aliphatic carbocycles. The quantitative estimate of drug-likeness (QED) is 0.713. The first kappa shape index (κ1) is 9.21. The average Bonchev–Trinajstić information content (AvgIpc) is 2.74. The van der Waals surface area contributed by atoms with Crippen LogP contribution in [0.2, 0.25) is 0 Å². The van der Waals surface area contributed by atoms with Gasteiger partial charge in [0, 0.05) is 0 Å². The van der Waals surface area contributed by atoms with Gasteiger partial charge in [0.25, 0.3) is 5.91 Å². The number of nitrogens with two attached hydrogens (primary N) is 1. The van der Waals surface area contributed by atoms with Crippen molar-refractivity contribution in [2.24, 2.45) is 5.73 Å². The molecule has 2 atom stereocenters. The van der Waals surface area contributed by atoms with Crippen molar-refractivity contribution >= 4 is 5.91 Å². The van der Waals surface area contributed by atoms with E-state index in [-0.39, 0.29) is 0 Å². The van der Waals surface area contributed by atoms with Crippen LogP contribution in [0.25, 0.3) is 0 Å². The molecular weight excluding hydrogens is 178 g/mol. The van der Waals surface area contributed by atoms with Crippen LogP contribution >= 0.6 is 0 Å². The monoisotopic (exact) mass is 191 g/mol. The molecule has 1 heterocycles. The number of primary amides is 1. The fraction of sp³-hybridized carbons (Fsp3) is 0.364. The van der Waals surface area contributed by atoms with E-state index in [0.29, 0.717) is 0 Å². The lowest BCUT2D eigenvalue weighted by molar-refractivity contribution is -0.122. The van der Waals surface area contributed by atoms with Gasteiger partial charge in [-0.05, 0) is 19.4 Å². The second-order valence-corrected chi connectivity index (χ2v) is 3.90. The molecule has 1 amide bonds. The zero-order chi connectivity index (χ0) is 10.4. The number of benzene rings is 1. The van der Waals surface area contributed by atoms with Crippen molar-refractivity contribution in [3.63, 3.8) is 0 Å². The Bertz CT molecular complexity index is 376. The molecule has 74 valence electrons. The summed E-state index contributed by atoms with van der Waals surface area (Å²) in [5.74, 6) is -0.413. The van der Waals surface area contributed by atoms with Gasteiger partial charge in [0.15, 0.2) is 5.60 Å². The summed E-state index contributed by atoms with van der Waals surface area (Å²) in [6.07, 6.45) is 0. The second kappa shape index (κ2) is 2.58. The third-order valence-corrected chi connectivity index (χ3v) is 3.07. The summed E-state index contributed by atoms with van der Waals surface area (Å²) in [5, 5.41) is 0. The van der Waals surface area contributed by atoms with Crippen molar-refractivity contribution < 1.29 is 9.53 Å². The van der Waals surface area contributed by atoms with E-state index in [9.17, 15) is 4.79 Å². The molecule has 1 aliphatic rings. The van der Waals surface area contributed by atoms with Crippen molar-refractivity contribution in [2.45, 2.75) is 25.0 Å². The predicted molar refractivity (Wildman–Crippen MR) is 52.5 cm³/mol. The molecule has 0 spiro atoms. The number of ether oxygens (including phenoxy) is 1. The van der Waals surface area contributed by atoms with Crippen molar-refractivity contribution in [2.75, 3.05) is 0 Å². The van der Waals surface area contributed by atoms with Crippen LogP contribution in [0.15, 0.2) is 30.3 Å². The standard InChI is InChI=1S/C11H13NO2/c1-10(8-6-4-3-5-7-8)11(2,14-10)9(12)13/h3-7H,1-2H3,(H2,12,13)/t10-,11-/m0/s1. The van der Waals surface area contributed by atoms with Gasteiger partial charge in [-0.25, -0.2) is 0 Å². The number of carbonyl (C=O) groups is 1. The van der Waals surface area contributed by atoms with Crippen LogP contribution in [0.5, 0.6) is 0 Å². The molecule has 1 saturated heterocycles. The Balaban J connectivity index is 2.36. The van der Waals surface area contributed by atoms with Crippen molar-refractivity contribution in [1.29, 1.82) is 0 Å². The van der Waals surface area contributed by atoms with E-state index in [1.807, 2.05) is 37.3 Å². The summed E-state index contributed by atoms with van der Waals surface area (Å²) in [6.45, 7) is 3.61. The van der Waals surface area contributed by atoms with E-state index in [1.165, 1.54) is 0 Å². The first-order valence-corrected chi connectivity index (χ1v) is 4.56. The molecule has 1 fully saturated rings. The van der Waals surface area contributed by atoms with Crippen LogP contribution in [0.4, 0.5) is 0 Å². The van der Waals surface area contributed by atoms with Gasteiger partial charge in [-0.3, -0.25) is 4.79 Å². The van der Waals surface area contributed by atoms with Gasteiger partial charge in [0.05, 0.1) is 0 Å². The number of amides is 1. The maximum Gasteiger partial charge on any atom is 0.252 e. The molecule has 0 radical (unpaired) electrons. The summed E-state index contributed by atoms with van der Waals surface area (Å²) in [7, 11) is 0. The number of rotatable bonds is 2. The minimum Gasteiger partial charge on any atom is -0.367 e. The fourth-order valence-electron chi connectivity index (χ4n) is 1.76. The van der Waals surface area contributed by atoms with Gasteiger partial charge in [0.1, 0.15) is 5.60 Å². The molecular formula is C11H13NO2. The third kappa shape index (κ3) is 0.990. The van der Waals surface area contributed by atoms with E-state index < -0.39 is 17.1 Å². The van der Waals surface area contributed by atoms with E-state index in [2.05, 4.69) is 0 Å². The van der Waals surface area contributed by atoms with Gasteiger partial charge in [-0.2, -0.15) is 0 Å². The number of epoxide rings is 1. The molecule has 0 aromatic heterocycles. The SMILES string of the molecule is C[C@@]1(C(N)=O)O[C@@]1(C)c1ccccc1. The Morgan fingerprint density at radius 3 is 2.29 bits per heavy atom. The number of hydrogen-bond donors (Lipinski definition) is 1. The Hall–Kier alpha value is -1.35. The highest BCUT2D eigenvalue weighted by Gasteiger charge is 2.68. The van der Waals surface area contributed by atoms with Gasteiger partial charge >= 0.3 is 0 Å². The summed E-state index contributed by atoms with van der Waals surface area (Å²) in [6, 6.07) is 9.65. The van der Waals surface area contributed by atoms with E-state index in [4.69, 9.17) is 10.5 Å². The lowest BCUT2D eigenvalue weighted by Gasteiger charge is -2.09. The molecule has 2 N–H and O–H groups in total. The zero-order valence-corrected chi connectivity index (χ0v) is 8.28. The van der Waals surface area contributed by atoms with Crippen LogP contribution in [0.3, 0.4) is 0 Å². The maximum atomic E-state index is 11.2. The highest BCUT2D eigenvalue weighted by Crippen LogP contribution is 2.54. The van der Waals surface area contributed by atoms with Crippen LogP contribution < -0.4 is 5.73 Å². The fourth-order valence-corrected chi connectivity index (χ4v) is 1.76. The van der Waals surface area contributed by atoms with Crippen molar-refractivity contribution in [3.05, 3.63) is 35.9 Å². The lowest BCUT2D eigenvalue weighted by Crippen LogP contribution is -2.34. The molecule has 1 aliphatic heterocycles. The predicted octanol–water partition coefficient (Wildman–Crippen LogP) is 1.18. The molecule has 3 nitrogen and oxygen atoms in total. The molecule has 14 heavy (non-hydrogen) atoms. The smallest absolute Gasteiger partial charge is 0.252 e. The molecule has 0 unspecified atom stereocenters. The van der Waals surface area contributed by atoms with Gasteiger partial charge in [0.2, 0.25) is 0 Å². The highest BCUT2D eigenvalue weighted by atomic mass is 16.6. The van der Waals surface area contributed by atoms with E-state index in [0.717, 1.165) is 5.56 Å². The summed E-state index contributed by atoms with van der Waals surface area (Å²) in [4.78, 5) is 11.2.